The number of alkyl halides is 9. The lowest BCUT2D eigenvalue weighted by molar-refractivity contribution is -0.145. The molecule has 0 amide bonds. The second-order valence-corrected chi connectivity index (χ2v) is 9.46. The van der Waals surface area contributed by atoms with Crippen molar-refractivity contribution in [1.82, 2.24) is 9.97 Å². The highest BCUT2D eigenvalue weighted by atomic mass is 19.4. The third-order valence-corrected chi connectivity index (χ3v) is 6.62. The Kier molecular flexibility index (Phi) is 8.95. The Morgan fingerprint density at radius 2 is 0.900 bits per heavy atom. The predicted molar refractivity (Wildman–Crippen MR) is 132 cm³/mol. The van der Waals surface area contributed by atoms with Gasteiger partial charge in [-0.25, -0.2) is 27.5 Å². The van der Waals surface area contributed by atoms with Gasteiger partial charge in [0.25, 0.3) is 0 Å². The molecule has 0 unspecified atom stereocenters. The highest BCUT2D eigenvalue weighted by Crippen LogP contribution is 2.57. The minimum absolute atomic E-state index is 0.124. The molecule has 2 aromatic heterocycles. The van der Waals surface area contributed by atoms with Gasteiger partial charge in [0.05, 0.1) is 45.0 Å². The van der Waals surface area contributed by atoms with Crippen molar-refractivity contribution in [2.45, 2.75) is 18.5 Å². The fourth-order valence-corrected chi connectivity index (χ4v) is 4.54. The second kappa shape index (κ2) is 12.3. The first-order valence-electron chi connectivity index (χ1n) is 12.4. The molecule has 0 saturated heterocycles. The quantitative estimate of drug-likeness (QED) is 0.152. The molecule has 1 aromatic carbocycles. The van der Waals surface area contributed by atoms with Crippen molar-refractivity contribution in [3.63, 3.8) is 0 Å². The van der Waals surface area contributed by atoms with Crippen LogP contribution in [0.3, 0.4) is 0 Å². The number of rotatable bonds is 3. The zero-order valence-corrected chi connectivity index (χ0v) is 23.1. The lowest BCUT2D eigenvalue weighted by Gasteiger charge is -2.11. The molecule has 0 aliphatic heterocycles. The summed E-state index contributed by atoms with van der Waals surface area (Å²) in [5, 5.41) is 39.1. The highest BCUT2D eigenvalue weighted by Gasteiger charge is 2.48. The lowest BCUT2D eigenvalue weighted by Crippen LogP contribution is -2.16. The van der Waals surface area contributed by atoms with Crippen LogP contribution in [0.25, 0.3) is 16.7 Å². The van der Waals surface area contributed by atoms with Crippen LogP contribution in [0.2, 0.25) is 0 Å². The molecule has 3 aromatic rings. The van der Waals surface area contributed by atoms with E-state index in [2.05, 4.69) is 9.97 Å². The second-order valence-electron chi connectivity index (χ2n) is 9.46. The van der Waals surface area contributed by atoms with Gasteiger partial charge in [0.15, 0.2) is 34.7 Å². The summed E-state index contributed by atoms with van der Waals surface area (Å²) < 4.78 is 209. The average Bonchev–Trinajstić information content (AvgIpc) is 3.73. The summed E-state index contributed by atoms with van der Waals surface area (Å²) in [4.78, 5) is 4.14. The molecule has 1 aliphatic carbocycles. The Hall–Kier alpha value is -6.35. The SMILES string of the molecule is N#CC(=C1C(=C(C#N)c2c(F)c(F)nc(C(F)(F)F)c2F)C1=C(C#N)c1c(F)c(F)nc(C(F)(F)F)c1F)c1ccc(C(F)(F)F)cc1C#N. The molecule has 4 rings (SSSR count). The Morgan fingerprint density at radius 1 is 0.520 bits per heavy atom. The Balaban J connectivity index is 2.32. The van der Waals surface area contributed by atoms with Crippen molar-refractivity contribution < 1.29 is 65.9 Å². The van der Waals surface area contributed by atoms with Crippen LogP contribution in [-0.2, 0) is 18.5 Å². The standard InChI is InChI=1S/C29H3F15N6/c30-19-17(21(32)25(34)49-23(19)28(39,40)41)12(6-47)15-14(11(5-46)10-2-1-9(27(36,37)38)3-8(10)4-45)16(15)13(7-48)18-20(31)24(29(42,43)44)50-26(35)22(18)33/h1-3H. The number of halogens is 15. The van der Waals surface area contributed by atoms with Gasteiger partial charge in [0.2, 0.25) is 11.9 Å². The van der Waals surface area contributed by atoms with Crippen LogP contribution >= 0.6 is 0 Å². The van der Waals surface area contributed by atoms with Crippen LogP contribution in [0.15, 0.2) is 34.9 Å². The van der Waals surface area contributed by atoms with Gasteiger partial charge < -0.3 is 0 Å². The van der Waals surface area contributed by atoms with Crippen molar-refractivity contribution in [2.24, 2.45) is 0 Å². The number of hydrogen-bond donors (Lipinski definition) is 0. The molecule has 50 heavy (non-hydrogen) atoms. The number of nitriles is 4. The largest absolute Gasteiger partial charge is 0.436 e. The minimum atomic E-state index is -5.91. The fourth-order valence-electron chi connectivity index (χ4n) is 4.54. The zero-order valence-electron chi connectivity index (χ0n) is 23.1. The number of hydrogen-bond acceptors (Lipinski definition) is 6. The van der Waals surface area contributed by atoms with Crippen molar-refractivity contribution >= 4 is 16.7 Å². The van der Waals surface area contributed by atoms with Gasteiger partial charge in [0.1, 0.15) is 18.2 Å². The normalized spacial score (nSPS) is 15.1. The zero-order chi connectivity index (χ0) is 37.8. The first-order chi connectivity index (χ1) is 23.1. The van der Waals surface area contributed by atoms with Crippen molar-refractivity contribution in [3.8, 4) is 24.3 Å². The minimum Gasteiger partial charge on any atom is -0.209 e. The topological polar surface area (TPSA) is 121 Å². The molecule has 1 aliphatic rings. The number of nitrogens with zero attached hydrogens (tertiary/aromatic N) is 6. The molecule has 0 radical (unpaired) electrons. The number of aromatic nitrogens is 2. The van der Waals surface area contributed by atoms with E-state index in [-0.39, 0.29) is 12.1 Å². The van der Waals surface area contributed by atoms with E-state index in [0.29, 0.717) is 6.07 Å². The number of benzene rings is 1. The summed E-state index contributed by atoms with van der Waals surface area (Å²) in [6, 6.07) is 5.03. The van der Waals surface area contributed by atoms with Crippen molar-refractivity contribution in [3.05, 3.63) is 109 Å². The van der Waals surface area contributed by atoms with E-state index in [1.54, 1.807) is 0 Å². The summed E-state index contributed by atoms with van der Waals surface area (Å²) in [5.41, 5.74) is -22.6. The molecular weight excluding hydrogens is 717 g/mol. The monoisotopic (exact) mass is 720 g/mol. The molecule has 1 saturated carbocycles. The van der Waals surface area contributed by atoms with Crippen molar-refractivity contribution in [2.75, 3.05) is 0 Å². The molecule has 0 spiro atoms. The van der Waals surface area contributed by atoms with E-state index < -0.39 is 126 Å². The molecule has 2 heterocycles. The summed E-state index contributed by atoms with van der Waals surface area (Å²) in [7, 11) is 0. The summed E-state index contributed by atoms with van der Waals surface area (Å²) >= 11 is 0. The Labute approximate surface area is 266 Å². The molecule has 1 fully saturated rings. The third-order valence-electron chi connectivity index (χ3n) is 6.62. The Bertz CT molecular complexity index is 2170. The molecule has 254 valence electrons. The maximum atomic E-state index is 15.2. The van der Waals surface area contributed by atoms with Gasteiger partial charge >= 0.3 is 18.5 Å². The average molecular weight is 720 g/mol. The summed E-state index contributed by atoms with van der Waals surface area (Å²) in [5.74, 6) is -16.4. The smallest absolute Gasteiger partial charge is 0.209 e. The van der Waals surface area contributed by atoms with E-state index in [0.717, 1.165) is 12.1 Å². The van der Waals surface area contributed by atoms with E-state index in [1.165, 1.54) is 12.1 Å². The predicted octanol–water partition coefficient (Wildman–Crippen LogP) is 8.48. The number of pyridine rings is 2. The summed E-state index contributed by atoms with van der Waals surface area (Å²) in [6.45, 7) is 0. The van der Waals surface area contributed by atoms with E-state index in [9.17, 15) is 78.1 Å². The molecule has 0 atom stereocenters. The van der Waals surface area contributed by atoms with Crippen LogP contribution in [0.4, 0.5) is 65.9 Å². The lowest BCUT2D eigenvalue weighted by atomic mass is 9.96. The van der Waals surface area contributed by atoms with Crippen LogP contribution in [0.1, 0.15) is 39.2 Å². The van der Waals surface area contributed by atoms with Gasteiger partial charge in [-0.15, -0.1) is 0 Å². The van der Waals surface area contributed by atoms with Gasteiger partial charge in [-0.2, -0.15) is 69.3 Å². The van der Waals surface area contributed by atoms with Gasteiger partial charge in [-0.05, 0) is 12.1 Å². The molecule has 0 bridgehead atoms. The first-order valence-corrected chi connectivity index (χ1v) is 12.4. The highest BCUT2D eigenvalue weighted by molar-refractivity contribution is 6.12. The Morgan fingerprint density at radius 3 is 1.22 bits per heavy atom. The van der Waals surface area contributed by atoms with Crippen molar-refractivity contribution in [1.29, 1.82) is 21.0 Å². The van der Waals surface area contributed by atoms with E-state index >= 15 is 8.78 Å². The first kappa shape index (κ1) is 36.5. The van der Waals surface area contributed by atoms with Crippen LogP contribution in [0, 0.1) is 80.5 Å². The van der Waals surface area contributed by atoms with E-state index in [4.69, 9.17) is 0 Å². The van der Waals surface area contributed by atoms with E-state index in [1.807, 2.05) is 0 Å². The van der Waals surface area contributed by atoms with Gasteiger partial charge in [-0.3, -0.25) is 0 Å². The van der Waals surface area contributed by atoms with Crippen LogP contribution < -0.4 is 0 Å². The van der Waals surface area contributed by atoms with Gasteiger partial charge in [0, 0.05) is 22.3 Å². The molecule has 21 heteroatoms. The van der Waals surface area contributed by atoms with Crippen LogP contribution in [-0.4, -0.2) is 9.97 Å². The van der Waals surface area contributed by atoms with Gasteiger partial charge in [-0.1, -0.05) is 6.07 Å². The molecule has 6 nitrogen and oxygen atoms in total. The summed E-state index contributed by atoms with van der Waals surface area (Å²) in [6.07, 6.45) is -17.0. The maximum absolute atomic E-state index is 15.2. The van der Waals surface area contributed by atoms with Crippen LogP contribution in [0.5, 0.6) is 0 Å². The molecular formula is C29H3F15N6. The molecule has 0 N–H and O–H groups in total. The fraction of sp³-hybridized carbons (Fsp3) is 0.103. The third kappa shape index (κ3) is 6.05. The number of allylic oxidation sites excluding steroid dienone is 6. The maximum Gasteiger partial charge on any atom is 0.436 e.